The van der Waals surface area contributed by atoms with E-state index in [0.29, 0.717) is 0 Å². The van der Waals surface area contributed by atoms with Crippen molar-refractivity contribution in [3.8, 4) is 0 Å². The van der Waals surface area contributed by atoms with Gasteiger partial charge in [0.05, 0.1) is 0 Å². The minimum atomic E-state index is 0.874. The first-order chi connectivity index (χ1) is 4.61. The normalized spacial score (nSPS) is 49.2. The number of hydrogen-bond donors (Lipinski definition) is 0. The van der Waals surface area contributed by atoms with E-state index in [1.54, 1.807) is 0 Å². The van der Waals surface area contributed by atoms with Crippen LogP contribution in [0.4, 0.5) is 0 Å². The molecule has 0 heterocycles. The lowest BCUT2D eigenvalue weighted by Crippen LogP contribution is -2.28. The SMILES string of the molecule is CC1CC(C)C(C)C(P)C1. The van der Waals surface area contributed by atoms with Gasteiger partial charge in [0.2, 0.25) is 0 Å². The maximum atomic E-state index is 2.99. The molecule has 60 valence electrons. The van der Waals surface area contributed by atoms with E-state index in [1.807, 2.05) is 0 Å². The second-order valence-electron chi connectivity index (χ2n) is 4.08. The monoisotopic (exact) mass is 158 g/mol. The van der Waals surface area contributed by atoms with E-state index < -0.39 is 0 Å². The van der Waals surface area contributed by atoms with Crippen LogP contribution in [0.5, 0.6) is 0 Å². The van der Waals surface area contributed by atoms with Crippen LogP contribution in [-0.2, 0) is 0 Å². The molecule has 0 nitrogen and oxygen atoms in total. The number of hydrogen-bond acceptors (Lipinski definition) is 0. The van der Waals surface area contributed by atoms with Crippen molar-refractivity contribution in [2.75, 3.05) is 0 Å². The van der Waals surface area contributed by atoms with Crippen molar-refractivity contribution in [1.29, 1.82) is 0 Å². The molecular formula is C9H19P. The molecular weight excluding hydrogens is 139 g/mol. The smallest absolute Gasteiger partial charge is 0.0233 e. The maximum Gasteiger partial charge on any atom is -0.0233 e. The Kier molecular flexibility index (Phi) is 2.74. The zero-order valence-electron chi connectivity index (χ0n) is 7.30. The third-order valence-corrected chi connectivity index (χ3v) is 3.90. The Hall–Kier alpha value is 0.430. The molecule has 1 fully saturated rings. The molecule has 0 aliphatic heterocycles. The molecule has 0 aromatic carbocycles. The van der Waals surface area contributed by atoms with Crippen LogP contribution >= 0.6 is 9.24 Å². The van der Waals surface area contributed by atoms with Crippen LogP contribution in [0.1, 0.15) is 33.6 Å². The van der Waals surface area contributed by atoms with Gasteiger partial charge in [0, 0.05) is 0 Å². The predicted octanol–water partition coefficient (Wildman–Crippen LogP) is 2.93. The van der Waals surface area contributed by atoms with Crippen LogP contribution in [0.25, 0.3) is 0 Å². The van der Waals surface area contributed by atoms with Crippen LogP contribution in [0.2, 0.25) is 0 Å². The third-order valence-electron chi connectivity index (χ3n) is 3.02. The summed E-state index contributed by atoms with van der Waals surface area (Å²) in [6, 6.07) is 0. The highest BCUT2D eigenvalue weighted by Gasteiger charge is 2.27. The van der Waals surface area contributed by atoms with Crippen molar-refractivity contribution >= 4 is 9.24 Å². The molecule has 1 saturated carbocycles. The molecule has 1 aliphatic carbocycles. The molecule has 0 radical (unpaired) electrons. The van der Waals surface area contributed by atoms with Gasteiger partial charge < -0.3 is 0 Å². The summed E-state index contributed by atoms with van der Waals surface area (Å²) in [6.45, 7) is 7.14. The fraction of sp³-hybridized carbons (Fsp3) is 1.00. The van der Waals surface area contributed by atoms with Gasteiger partial charge in [-0.3, -0.25) is 0 Å². The molecule has 5 atom stereocenters. The van der Waals surface area contributed by atoms with E-state index in [0.717, 1.165) is 23.4 Å². The molecule has 10 heavy (non-hydrogen) atoms. The van der Waals surface area contributed by atoms with Gasteiger partial charge in [0.1, 0.15) is 0 Å². The second kappa shape index (κ2) is 3.22. The first-order valence-electron chi connectivity index (χ1n) is 4.37. The highest BCUT2D eigenvalue weighted by atomic mass is 31.0. The first-order valence-corrected chi connectivity index (χ1v) is 5.03. The summed E-state index contributed by atoms with van der Waals surface area (Å²) < 4.78 is 0. The Morgan fingerprint density at radius 3 is 2.20 bits per heavy atom. The average Bonchev–Trinajstić information content (AvgIpc) is 1.82. The van der Waals surface area contributed by atoms with Gasteiger partial charge in [-0.1, -0.05) is 20.8 Å². The average molecular weight is 158 g/mol. The zero-order valence-corrected chi connectivity index (χ0v) is 8.46. The molecule has 1 aliphatic rings. The molecule has 0 spiro atoms. The van der Waals surface area contributed by atoms with Crippen molar-refractivity contribution in [2.24, 2.45) is 17.8 Å². The molecule has 0 amide bonds. The molecule has 0 N–H and O–H groups in total. The summed E-state index contributed by atoms with van der Waals surface area (Å²) >= 11 is 0. The summed E-state index contributed by atoms with van der Waals surface area (Å²) in [5.41, 5.74) is 0.874. The second-order valence-corrected chi connectivity index (χ2v) is 4.93. The highest BCUT2D eigenvalue weighted by molar-refractivity contribution is 7.17. The predicted molar refractivity (Wildman–Crippen MR) is 50.2 cm³/mol. The van der Waals surface area contributed by atoms with E-state index in [2.05, 4.69) is 30.0 Å². The van der Waals surface area contributed by atoms with Crippen molar-refractivity contribution in [3.63, 3.8) is 0 Å². The van der Waals surface area contributed by atoms with Crippen LogP contribution in [0.15, 0.2) is 0 Å². The molecule has 1 heteroatoms. The van der Waals surface area contributed by atoms with Crippen LogP contribution in [0, 0.1) is 17.8 Å². The van der Waals surface area contributed by atoms with Gasteiger partial charge in [0.25, 0.3) is 0 Å². The summed E-state index contributed by atoms with van der Waals surface area (Å²) in [6.07, 6.45) is 2.85. The maximum absolute atomic E-state index is 2.99. The van der Waals surface area contributed by atoms with Crippen molar-refractivity contribution < 1.29 is 0 Å². The zero-order chi connectivity index (χ0) is 7.72. The molecule has 0 aromatic heterocycles. The van der Waals surface area contributed by atoms with Gasteiger partial charge in [-0.25, -0.2) is 0 Å². The number of rotatable bonds is 0. The Labute approximate surface area is 67.0 Å². The highest BCUT2D eigenvalue weighted by Crippen LogP contribution is 2.37. The Balaban J connectivity index is 2.49. The minimum absolute atomic E-state index is 0.874. The third kappa shape index (κ3) is 1.72. The fourth-order valence-corrected chi connectivity index (χ4v) is 2.89. The van der Waals surface area contributed by atoms with Gasteiger partial charge in [-0.2, -0.15) is 0 Å². The van der Waals surface area contributed by atoms with Gasteiger partial charge in [0.15, 0.2) is 0 Å². The summed E-state index contributed by atoms with van der Waals surface area (Å²) in [7, 11) is 2.99. The van der Waals surface area contributed by atoms with E-state index in [4.69, 9.17) is 0 Å². The topological polar surface area (TPSA) is 0 Å². The molecule has 1 rings (SSSR count). The van der Waals surface area contributed by atoms with Crippen molar-refractivity contribution in [1.82, 2.24) is 0 Å². The van der Waals surface area contributed by atoms with Crippen molar-refractivity contribution in [3.05, 3.63) is 0 Å². The van der Waals surface area contributed by atoms with E-state index in [1.165, 1.54) is 12.8 Å². The lowest BCUT2D eigenvalue weighted by atomic mass is 9.76. The minimum Gasteiger partial charge on any atom is -0.134 e. The van der Waals surface area contributed by atoms with Gasteiger partial charge in [-0.05, 0) is 36.3 Å². The van der Waals surface area contributed by atoms with Crippen LogP contribution < -0.4 is 0 Å². The standard InChI is InChI=1S/C9H19P/c1-6-4-7(2)8(3)9(10)5-6/h6-9H,4-5,10H2,1-3H3. The van der Waals surface area contributed by atoms with Crippen LogP contribution in [-0.4, -0.2) is 5.66 Å². The molecule has 0 saturated heterocycles. The first kappa shape index (κ1) is 8.53. The lowest BCUT2D eigenvalue weighted by molar-refractivity contribution is 0.229. The summed E-state index contributed by atoms with van der Waals surface area (Å²) in [5.74, 6) is 2.81. The lowest BCUT2D eigenvalue weighted by Gasteiger charge is -2.35. The van der Waals surface area contributed by atoms with E-state index in [-0.39, 0.29) is 0 Å². The fourth-order valence-electron chi connectivity index (χ4n) is 2.05. The van der Waals surface area contributed by atoms with Crippen LogP contribution in [0.3, 0.4) is 0 Å². The Morgan fingerprint density at radius 2 is 1.70 bits per heavy atom. The largest absolute Gasteiger partial charge is 0.134 e. The molecule has 0 aromatic rings. The summed E-state index contributed by atoms with van der Waals surface area (Å²) in [5, 5.41) is 0. The summed E-state index contributed by atoms with van der Waals surface area (Å²) in [4.78, 5) is 0. The van der Waals surface area contributed by atoms with E-state index in [9.17, 15) is 0 Å². The quantitative estimate of drug-likeness (QED) is 0.475. The Bertz CT molecular complexity index is 99.3. The van der Waals surface area contributed by atoms with E-state index >= 15 is 0 Å². The molecule has 0 bridgehead atoms. The van der Waals surface area contributed by atoms with Gasteiger partial charge in [-0.15, -0.1) is 9.24 Å². The van der Waals surface area contributed by atoms with Gasteiger partial charge >= 0.3 is 0 Å². The Morgan fingerprint density at radius 1 is 1.10 bits per heavy atom. The van der Waals surface area contributed by atoms with Crippen molar-refractivity contribution in [2.45, 2.75) is 39.3 Å². The molecule has 5 unspecified atom stereocenters.